The van der Waals surface area contributed by atoms with Gasteiger partial charge in [0, 0.05) is 11.3 Å². The molecule has 0 aliphatic heterocycles. The number of nitrogens with zero attached hydrogens (tertiary/aromatic N) is 1. The number of aromatic nitrogens is 1. The molecule has 27 heavy (non-hydrogen) atoms. The predicted molar refractivity (Wildman–Crippen MR) is 105 cm³/mol. The summed E-state index contributed by atoms with van der Waals surface area (Å²) in [6.45, 7) is 0. The normalized spacial score (nSPS) is 16.2. The van der Waals surface area contributed by atoms with Gasteiger partial charge in [-0.05, 0) is 49.1 Å². The Morgan fingerprint density at radius 3 is 2.63 bits per heavy atom. The molecule has 142 valence electrons. The van der Waals surface area contributed by atoms with Gasteiger partial charge in [0.15, 0.2) is 0 Å². The van der Waals surface area contributed by atoms with Gasteiger partial charge in [-0.1, -0.05) is 43.5 Å². The zero-order valence-electron chi connectivity index (χ0n) is 15.1. The fourth-order valence-electron chi connectivity index (χ4n) is 3.34. The fourth-order valence-corrected chi connectivity index (χ4v) is 3.34. The highest BCUT2D eigenvalue weighted by molar-refractivity contribution is 5.66. The van der Waals surface area contributed by atoms with E-state index in [1.165, 1.54) is 38.2 Å². The van der Waals surface area contributed by atoms with E-state index in [-0.39, 0.29) is 5.69 Å². The standard InChI is InChI=1S/C22H24F2N2O/c23-22(24)21-11-5-10-20(26-21)17-8-4-9-18(14-17)25-19(15-27)13-12-16-6-2-1-3-7-16/h4-5,8-16,22,25,27H,1-3,6-7H2/b13-12-,19-15+. The van der Waals surface area contributed by atoms with Crippen molar-refractivity contribution in [3.8, 4) is 11.3 Å². The quantitative estimate of drug-likeness (QED) is 0.443. The molecule has 1 saturated carbocycles. The zero-order valence-corrected chi connectivity index (χ0v) is 15.1. The summed E-state index contributed by atoms with van der Waals surface area (Å²) in [6, 6.07) is 11.9. The number of pyridine rings is 1. The molecule has 3 rings (SSSR count). The first-order valence-corrected chi connectivity index (χ1v) is 9.31. The number of alkyl halides is 2. The molecule has 1 aliphatic rings. The van der Waals surface area contributed by atoms with Crippen molar-refractivity contribution in [3.63, 3.8) is 0 Å². The van der Waals surface area contributed by atoms with Crippen LogP contribution in [0, 0.1) is 5.92 Å². The average molecular weight is 370 g/mol. The third-order valence-corrected chi connectivity index (χ3v) is 4.78. The summed E-state index contributed by atoms with van der Waals surface area (Å²) in [7, 11) is 0. The number of aliphatic hydroxyl groups excluding tert-OH is 1. The van der Waals surface area contributed by atoms with Gasteiger partial charge in [0.05, 0.1) is 11.4 Å². The first-order chi connectivity index (χ1) is 13.2. The van der Waals surface area contributed by atoms with Crippen molar-refractivity contribution in [2.24, 2.45) is 5.92 Å². The molecule has 0 radical (unpaired) electrons. The third kappa shape index (κ3) is 5.39. The Bertz CT molecular complexity index is 811. The maximum absolute atomic E-state index is 12.9. The molecule has 2 aromatic rings. The molecule has 1 heterocycles. The summed E-state index contributed by atoms with van der Waals surface area (Å²) in [5.41, 5.74) is 2.33. The highest BCUT2D eigenvalue weighted by Gasteiger charge is 2.11. The van der Waals surface area contributed by atoms with Gasteiger partial charge < -0.3 is 10.4 Å². The van der Waals surface area contributed by atoms with Crippen molar-refractivity contribution in [2.75, 3.05) is 5.32 Å². The SMILES string of the molecule is O/C=C(\C=C/C1CCCCC1)Nc1cccc(-c2cccc(C(F)F)n2)c1. The van der Waals surface area contributed by atoms with Gasteiger partial charge in [0.2, 0.25) is 0 Å². The lowest BCUT2D eigenvalue weighted by molar-refractivity contribution is 0.146. The van der Waals surface area contributed by atoms with Crippen LogP contribution in [0.2, 0.25) is 0 Å². The number of hydrogen-bond donors (Lipinski definition) is 2. The molecule has 1 aromatic carbocycles. The largest absolute Gasteiger partial charge is 0.513 e. The second kappa shape index (κ2) is 9.31. The van der Waals surface area contributed by atoms with E-state index in [0.717, 1.165) is 17.5 Å². The van der Waals surface area contributed by atoms with Crippen LogP contribution in [0.15, 0.2) is 66.6 Å². The minimum absolute atomic E-state index is 0.239. The molecule has 3 nitrogen and oxygen atoms in total. The van der Waals surface area contributed by atoms with Gasteiger partial charge in [0.1, 0.15) is 12.0 Å². The van der Waals surface area contributed by atoms with Crippen molar-refractivity contribution in [1.29, 1.82) is 0 Å². The lowest BCUT2D eigenvalue weighted by atomic mass is 9.89. The number of rotatable bonds is 6. The third-order valence-electron chi connectivity index (χ3n) is 4.78. The molecular weight excluding hydrogens is 346 g/mol. The van der Waals surface area contributed by atoms with E-state index < -0.39 is 6.43 Å². The Morgan fingerprint density at radius 1 is 1.11 bits per heavy atom. The lowest BCUT2D eigenvalue weighted by Gasteiger charge is -2.18. The number of aliphatic hydroxyl groups is 1. The number of benzene rings is 1. The van der Waals surface area contributed by atoms with E-state index in [9.17, 15) is 13.9 Å². The molecule has 5 heteroatoms. The van der Waals surface area contributed by atoms with Crippen molar-refractivity contribution in [1.82, 2.24) is 4.98 Å². The van der Waals surface area contributed by atoms with Crippen LogP contribution in [-0.4, -0.2) is 10.1 Å². The van der Waals surface area contributed by atoms with Crippen molar-refractivity contribution >= 4 is 5.69 Å². The summed E-state index contributed by atoms with van der Waals surface area (Å²) in [6.07, 6.45) is 8.69. The van der Waals surface area contributed by atoms with E-state index in [1.807, 2.05) is 30.3 Å². The number of hydrogen-bond acceptors (Lipinski definition) is 3. The highest BCUT2D eigenvalue weighted by atomic mass is 19.3. The molecule has 1 aliphatic carbocycles. The van der Waals surface area contributed by atoms with E-state index >= 15 is 0 Å². The number of anilines is 1. The molecule has 1 fully saturated rings. The molecule has 0 amide bonds. The molecule has 0 saturated heterocycles. The Kier molecular flexibility index (Phi) is 6.58. The van der Waals surface area contributed by atoms with Crippen LogP contribution in [0.5, 0.6) is 0 Å². The van der Waals surface area contributed by atoms with Gasteiger partial charge in [-0.15, -0.1) is 0 Å². The highest BCUT2D eigenvalue weighted by Crippen LogP contribution is 2.26. The first-order valence-electron chi connectivity index (χ1n) is 9.31. The Morgan fingerprint density at radius 2 is 1.89 bits per heavy atom. The topological polar surface area (TPSA) is 45.1 Å². The zero-order chi connectivity index (χ0) is 19.1. The van der Waals surface area contributed by atoms with Crippen LogP contribution in [0.25, 0.3) is 11.3 Å². The molecule has 2 N–H and O–H groups in total. The van der Waals surface area contributed by atoms with Crippen LogP contribution < -0.4 is 5.32 Å². The maximum atomic E-state index is 12.9. The lowest BCUT2D eigenvalue weighted by Crippen LogP contribution is -2.04. The number of nitrogens with one attached hydrogen (secondary N) is 1. The summed E-state index contributed by atoms with van der Waals surface area (Å²) >= 11 is 0. The van der Waals surface area contributed by atoms with Crippen molar-refractivity contribution in [2.45, 2.75) is 38.5 Å². The Labute approximate surface area is 158 Å². The monoisotopic (exact) mass is 370 g/mol. The van der Waals surface area contributed by atoms with Gasteiger partial charge in [-0.2, -0.15) is 0 Å². The summed E-state index contributed by atoms with van der Waals surface area (Å²) in [4.78, 5) is 4.02. The van der Waals surface area contributed by atoms with E-state index in [0.29, 0.717) is 17.3 Å². The molecule has 0 spiro atoms. The second-order valence-corrected chi connectivity index (χ2v) is 6.80. The van der Waals surface area contributed by atoms with Crippen LogP contribution in [-0.2, 0) is 0 Å². The van der Waals surface area contributed by atoms with E-state index in [4.69, 9.17) is 0 Å². The molecular formula is C22H24F2N2O. The van der Waals surface area contributed by atoms with E-state index in [1.54, 1.807) is 12.1 Å². The summed E-state index contributed by atoms with van der Waals surface area (Å²) in [5, 5.41) is 12.7. The Hall–Kier alpha value is -2.69. The van der Waals surface area contributed by atoms with Gasteiger partial charge in [-0.25, -0.2) is 13.8 Å². The van der Waals surface area contributed by atoms with Crippen molar-refractivity contribution < 1.29 is 13.9 Å². The van der Waals surface area contributed by atoms with Crippen molar-refractivity contribution in [3.05, 3.63) is 72.3 Å². The van der Waals surface area contributed by atoms with Crippen LogP contribution in [0.3, 0.4) is 0 Å². The summed E-state index contributed by atoms with van der Waals surface area (Å²) in [5.74, 6) is 0.558. The average Bonchev–Trinajstić information content (AvgIpc) is 2.72. The molecule has 0 unspecified atom stereocenters. The fraction of sp³-hybridized carbons (Fsp3) is 0.318. The van der Waals surface area contributed by atoms with Gasteiger partial charge >= 0.3 is 0 Å². The smallest absolute Gasteiger partial charge is 0.280 e. The van der Waals surface area contributed by atoms with Gasteiger partial charge in [0.25, 0.3) is 6.43 Å². The van der Waals surface area contributed by atoms with Crippen LogP contribution >= 0.6 is 0 Å². The molecule has 0 atom stereocenters. The Balaban J connectivity index is 1.73. The minimum Gasteiger partial charge on any atom is -0.513 e. The van der Waals surface area contributed by atoms with E-state index in [2.05, 4.69) is 16.4 Å². The predicted octanol–water partition coefficient (Wildman–Crippen LogP) is 6.63. The number of halogens is 2. The molecule has 0 bridgehead atoms. The first kappa shape index (κ1) is 19.1. The maximum Gasteiger partial charge on any atom is 0.280 e. The minimum atomic E-state index is -2.60. The van der Waals surface area contributed by atoms with Crippen LogP contribution in [0.1, 0.15) is 44.2 Å². The number of allylic oxidation sites excluding steroid dienone is 2. The van der Waals surface area contributed by atoms with Crippen LogP contribution in [0.4, 0.5) is 14.5 Å². The molecule has 1 aromatic heterocycles. The second-order valence-electron chi connectivity index (χ2n) is 6.80. The van der Waals surface area contributed by atoms with Gasteiger partial charge in [-0.3, -0.25) is 0 Å². The summed E-state index contributed by atoms with van der Waals surface area (Å²) < 4.78 is 25.8.